The third-order valence-electron chi connectivity index (χ3n) is 6.26. The molecule has 1 saturated carbocycles. The maximum absolute atomic E-state index is 14.0. The molecular weight excluding hydrogens is 549 g/mol. The first-order chi connectivity index (χ1) is 17.3. The fraction of sp³-hybridized carbons (Fsp3) is 0.240. The Kier molecular flexibility index (Phi) is 6.87. The molecule has 11 heteroatoms. The van der Waals surface area contributed by atoms with Gasteiger partial charge in [-0.1, -0.05) is 6.07 Å². The average Bonchev–Trinajstić information content (AvgIpc) is 3.59. The number of nitrogens with two attached hydrogens (primary N) is 1. The Morgan fingerprint density at radius 1 is 1.31 bits per heavy atom. The third-order valence-corrected chi connectivity index (χ3v) is 7.64. The van der Waals surface area contributed by atoms with Gasteiger partial charge >= 0.3 is 0 Å². The quantitative estimate of drug-likeness (QED) is 0.303. The second-order valence-corrected chi connectivity index (χ2v) is 10.5. The van der Waals surface area contributed by atoms with E-state index in [-0.39, 0.29) is 12.1 Å². The van der Waals surface area contributed by atoms with Gasteiger partial charge in [0.25, 0.3) is 5.91 Å². The minimum absolute atomic E-state index is 0.111. The summed E-state index contributed by atoms with van der Waals surface area (Å²) in [5.74, 6) is -0.585. The molecule has 8 nitrogen and oxygen atoms in total. The summed E-state index contributed by atoms with van der Waals surface area (Å²) in [5.41, 5.74) is 9.45. The largest absolute Gasteiger partial charge is 0.755 e. The fourth-order valence-electron chi connectivity index (χ4n) is 4.29. The van der Waals surface area contributed by atoms with Crippen molar-refractivity contribution in [2.24, 2.45) is 11.7 Å². The fourth-order valence-corrected chi connectivity index (χ4v) is 5.10. The van der Waals surface area contributed by atoms with Crippen molar-refractivity contribution in [3.63, 3.8) is 0 Å². The molecule has 1 atom stereocenters. The molecule has 3 heterocycles. The molecule has 1 fully saturated rings. The number of primary amides is 1. The first kappa shape index (κ1) is 24.5. The number of nitrogens with zero attached hydrogens (tertiary/aromatic N) is 4. The number of benzene rings is 1. The molecule has 1 aliphatic carbocycles. The van der Waals surface area contributed by atoms with Crippen LogP contribution in [0, 0.1) is 11.7 Å². The Balaban J connectivity index is 1.59. The van der Waals surface area contributed by atoms with E-state index in [4.69, 9.17) is 5.73 Å². The van der Waals surface area contributed by atoms with Crippen LogP contribution in [0.1, 0.15) is 34.3 Å². The molecular formula is C25H22BrFN5O3S-. The lowest BCUT2D eigenvalue weighted by molar-refractivity contribution is 0.100. The number of carbonyl (C=O) groups is 1. The van der Waals surface area contributed by atoms with Crippen LogP contribution in [0.5, 0.6) is 0 Å². The maximum atomic E-state index is 14.0. The smallest absolute Gasteiger partial charge is 0.253 e. The number of hydrogen-bond acceptors (Lipinski definition) is 5. The van der Waals surface area contributed by atoms with Gasteiger partial charge in [0, 0.05) is 35.8 Å². The summed E-state index contributed by atoms with van der Waals surface area (Å²) in [6.07, 6.45) is 7.93. The summed E-state index contributed by atoms with van der Waals surface area (Å²) >= 11 is 0.544. The van der Waals surface area contributed by atoms with Crippen molar-refractivity contribution in [3.05, 3.63) is 82.0 Å². The highest BCUT2D eigenvalue weighted by Crippen LogP contribution is 2.37. The van der Waals surface area contributed by atoms with Crippen molar-refractivity contribution < 1.29 is 17.9 Å². The van der Waals surface area contributed by atoms with Crippen molar-refractivity contribution in [1.29, 1.82) is 0 Å². The molecule has 1 aromatic carbocycles. The first-order valence-electron chi connectivity index (χ1n) is 11.4. The van der Waals surface area contributed by atoms with E-state index in [2.05, 4.69) is 26.0 Å². The number of rotatable bonds is 9. The molecule has 0 spiro atoms. The van der Waals surface area contributed by atoms with E-state index < -0.39 is 23.0 Å². The van der Waals surface area contributed by atoms with Crippen molar-refractivity contribution in [1.82, 2.24) is 14.6 Å². The van der Waals surface area contributed by atoms with E-state index in [1.165, 1.54) is 14.9 Å². The Morgan fingerprint density at radius 2 is 2.11 bits per heavy atom. The van der Waals surface area contributed by atoms with Gasteiger partial charge in [-0.3, -0.25) is 14.0 Å². The zero-order chi connectivity index (χ0) is 25.4. The van der Waals surface area contributed by atoms with E-state index in [0.717, 1.165) is 18.4 Å². The van der Waals surface area contributed by atoms with Gasteiger partial charge in [0.15, 0.2) is 0 Å². The summed E-state index contributed by atoms with van der Waals surface area (Å²) in [7, 11) is 0. The molecule has 0 aliphatic heterocycles. The number of halogens is 2. The number of fused-ring (bicyclic) bond motifs is 1. The lowest BCUT2D eigenvalue weighted by Gasteiger charge is -2.28. The van der Waals surface area contributed by atoms with Gasteiger partial charge in [-0.05, 0) is 89.0 Å². The Morgan fingerprint density at radius 3 is 2.75 bits per heavy atom. The molecule has 0 radical (unpaired) electrons. The standard InChI is InChI=1S/C25H23BrFN5O3S/c26-19-6-5-16(11-20(19)27)7-9-32(36(34)35)22-14-31-21(12-18(22)10-15-3-4-15)23(25(28)33)24(30-31)17-2-1-8-29-13-17/h1-2,5-6,8,11-15H,3-4,7,9-10H2,(H2,28,33)(H,34,35)/p-1. The highest BCUT2D eigenvalue weighted by Gasteiger charge is 2.27. The van der Waals surface area contributed by atoms with Crippen LogP contribution in [0.4, 0.5) is 10.1 Å². The van der Waals surface area contributed by atoms with Crippen LogP contribution in [0.3, 0.4) is 0 Å². The van der Waals surface area contributed by atoms with Crippen LogP contribution in [0.2, 0.25) is 0 Å². The van der Waals surface area contributed by atoms with Gasteiger partial charge < -0.3 is 14.6 Å². The van der Waals surface area contributed by atoms with Gasteiger partial charge in [0.2, 0.25) is 0 Å². The number of amides is 1. The molecule has 1 aliphatic rings. The number of pyridine rings is 2. The van der Waals surface area contributed by atoms with Crippen LogP contribution in [-0.4, -0.2) is 35.8 Å². The van der Waals surface area contributed by atoms with Gasteiger partial charge in [0.05, 0.1) is 27.4 Å². The van der Waals surface area contributed by atoms with Crippen LogP contribution < -0.4 is 10.0 Å². The maximum Gasteiger partial charge on any atom is 0.253 e. The molecule has 3 aromatic heterocycles. The Hall–Kier alpha value is -3.15. The van der Waals surface area contributed by atoms with E-state index in [1.54, 1.807) is 48.9 Å². The average molecular weight is 571 g/mol. The normalized spacial score (nSPS) is 14.2. The molecule has 36 heavy (non-hydrogen) atoms. The first-order valence-corrected chi connectivity index (χ1v) is 13.2. The van der Waals surface area contributed by atoms with Crippen molar-refractivity contribution in [2.75, 3.05) is 10.8 Å². The number of anilines is 1. The highest BCUT2D eigenvalue weighted by atomic mass is 79.9. The highest BCUT2D eigenvalue weighted by molar-refractivity contribution is 9.10. The van der Waals surface area contributed by atoms with Crippen molar-refractivity contribution in [2.45, 2.75) is 25.7 Å². The van der Waals surface area contributed by atoms with E-state index in [0.29, 0.717) is 51.3 Å². The lowest BCUT2D eigenvalue weighted by atomic mass is 10.0. The number of aromatic nitrogens is 3. The van der Waals surface area contributed by atoms with Gasteiger partial charge in [-0.2, -0.15) is 5.10 Å². The Bertz CT molecular complexity index is 1480. The van der Waals surface area contributed by atoms with Crippen LogP contribution >= 0.6 is 15.9 Å². The van der Waals surface area contributed by atoms with Crippen molar-refractivity contribution >= 4 is 44.3 Å². The summed E-state index contributed by atoms with van der Waals surface area (Å²) < 4.78 is 41.8. The molecule has 1 unspecified atom stereocenters. The molecule has 2 N–H and O–H groups in total. The molecule has 5 rings (SSSR count). The summed E-state index contributed by atoms with van der Waals surface area (Å²) in [5, 5.41) is 4.58. The number of hydrogen-bond donors (Lipinski definition) is 1. The lowest BCUT2D eigenvalue weighted by Crippen LogP contribution is -2.29. The SMILES string of the molecule is NC(=O)c1c(-c2cccnc2)nn2cc(N(CCc3ccc(Br)c(F)c3)S(=O)[O-])c(CC3CC3)cc12. The third kappa shape index (κ3) is 5.04. The second-order valence-electron chi connectivity index (χ2n) is 8.81. The van der Waals surface area contributed by atoms with E-state index >= 15 is 0 Å². The summed E-state index contributed by atoms with van der Waals surface area (Å²) in [4.78, 5) is 16.6. The van der Waals surface area contributed by atoms with Crippen LogP contribution in [0.15, 0.2) is 59.5 Å². The Labute approximate surface area is 217 Å². The molecule has 4 aromatic rings. The van der Waals surface area contributed by atoms with Gasteiger partial charge in [-0.15, -0.1) is 0 Å². The van der Waals surface area contributed by atoms with Crippen LogP contribution in [-0.2, 0) is 24.1 Å². The van der Waals surface area contributed by atoms with Crippen LogP contribution in [0.25, 0.3) is 16.8 Å². The van der Waals surface area contributed by atoms with E-state index in [9.17, 15) is 17.9 Å². The van der Waals surface area contributed by atoms with E-state index in [1.807, 2.05) is 0 Å². The molecule has 186 valence electrons. The topological polar surface area (TPSA) is 117 Å². The minimum atomic E-state index is -2.59. The number of carbonyl (C=O) groups excluding carboxylic acids is 1. The zero-order valence-corrected chi connectivity index (χ0v) is 21.5. The zero-order valence-electron chi connectivity index (χ0n) is 19.1. The monoisotopic (exact) mass is 570 g/mol. The molecule has 0 saturated heterocycles. The second kappa shape index (κ2) is 10.1. The summed E-state index contributed by atoms with van der Waals surface area (Å²) in [6, 6.07) is 10.1. The minimum Gasteiger partial charge on any atom is -0.755 e. The molecule has 0 bridgehead atoms. The van der Waals surface area contributed by atoms with Gasteiger partial charge in [-0.25, -0.2) is 8.91 Å². The predicted octanol–water partition coefficient (Wildman–Crippen LogP) is 4.19. The molecule has 1 amide bonds. The van der Waals surface area contributed by atoms with Gasteiger partial charge in [0.1, 0.15) is 11.5 Å². The van der Waals surface area contributed by atoms with Crippen molar-refractivity contribution in [3.8, 4) is 11.3 Å². The summed E-state index contributed by atoms with van der Waals surface area (Å²) in [6.45, 7) is 0.111. The predicted molar refractivity (Wildman–Crippen MR) is 137 cm³/mol.